The second kappa shape index (κ2) is 45.5. The lowest BCUT2D eigenvalue weighted by atomic mass is 10.0. The van der Waals surface area contributed by atoms with Crippen LogP contribution in [0.1, 0.15) is 219 Å². The van der Waals surface area contributed by atoms with Crippen LogP contribution in [0, 0.1) is 0 Å². The normalized spacial score (nSPS) is 13.6. The first kappa shape index (κ1) is 57.0. The minimum atomic E-state index is -4.39. The van der Waals surface area contributed by atoms with Crippen molar-refractivity contribution in [1.29, 1.82) is 0 Å². The zero-order valence-electron chi connectivity index (χ0n) is 38.0. The van der Waals surface area contributed by atoms with Crippen LogP contribution < -0.4 is 5.73 Å². The van der Waals surface area contributed by atoms with Gasteiger partial charge in [-0.3, -0.25) is 18.6 Å². The van der Waals surface area contributed by atoms with Crippen molar-refractivity contribution < 1.29 is 37.6 Å². The Morgan fingerprint density at radius 3 is 1.36 bits per heavy atom. The molecule has 0 fully saturated rings. The van der Waals surface area contributed by atoms with Crippen molar-refractivity contribution in [3.63, 3.8) is 0 Å². The quantitative estimate of drug-likeness (QED) is 0.0266. The standard InChI is InChI=1S/C49H90NO8P/c1-3-5-7-9-11-13-15-17-19-21-22-23-24-26-28-30-32-34-36-38-40-42-49(52)58-47(46-57-59(53,54)56-44-43-50)45-55-48(51)41-39-37-35-33-31-29-27-25-20-18-16-14-12-10-8-6-4-2/h12,14,17-20,27,29,47H,3-11,13,15-16,21-26,28,30-46,50H2,1-2H3,(H,53,54)/t47-/m1/s1. The van der Waals surface area contributed by atoms with Gasteiger partial charge in [0.25, 0.3) is 0 Å². The summed E-state index contributed by atoms with van der Waals surface area (Å²) in [4.78, 5) is 35.0. The Labute approximate surface area is 362 Å². The molecule has 2 atom stereocenters. The highest BCUT2D eigenvalue weighted by Gasteiger charge is 2.26. The molecule has 0 amide bonds. The first-order valence-electron chi connectivity index (χ1n) is 24.1. The van der Waals surface area contributed by atoms with Crippen LogP contribution >= 0.6 is 7.82 Å². The fraction of sp³-hybridized carbons (Fsp3) is 0.796. The van der Waals surface area contributed by atoms with Crippen LogP contribution in [0.4, 0.5) is 0 Å². The van der Waals surface area contributed by atoms with Gasteiger partial charge in [0, 0.05) is 19.4 Å². The molecule has 0 spiro atoms. The number of rotatable bonds is 45. The summed E-state index contributed by atoms with van der Waals surface area (Å²) in [7, 11) is -4.39. The third kappa shape index (κ3) is 45.3. The summed E-state index contributed by atoms with van der Waals surface area (Å²) in [6.45, 7) is 3.69. The molecule has 0 rings (SSSR count). The lowest BCUT2D eigenvalue weighted by Crippen LogP contribution is -2.29. The largest absolute Gasteiger partial charge is 0.472 e. The minimum Gasteiger partial charge on any atom is -0.462 e. The van der Waals surface area contributed by atoms with Gasteiger partial charge in [0.1, 0.15) is 6.61 Å². The maximum atomic E-state index is 12.6. The van der Waals surface area contributed by atoms with Crippen molar-refractivity contribution in [3.8, 4) is 0 Å². The van der Waals surface area contributed by atoms with Gasteiger partial charge in [0.05, 0.1) is 13.2 Å². The van der Waals surface area contributed by atoms with Gasteiger partial charge in [-0.05, 0) is 77.0 Å². The number of hydrogen-bond donors (Lipinski definition) is 2. The predicted octanol–water partition coefficient (Wildman–Crippen LogP) is 14.3. The topological polar surface area (TPSA) is 134 Å². The monoisotopic (exact) mass is 852 g/mol. The lowest BCUT2D eigenvalue weighted by Gasteiger charge is -2.19. The summed E-state index contributed by atoms with van der Waals surface area (Å²) in [6, 6.07) is 0. The van der Waals surface area contributed by atoms with Gasteiger partial charge in [-0.2, -0.15) is 0 Å². The number of unbranched alkanes of at least 4 members (excludes halogenated alkanes) is 24. The summed E-state index contributed by atoms with van der Waals surface area (Å²) >= 11 is 0. The van der Waals surface area contributed by atoms with E-state index in [1.165, 1.54) is 122 Å². The number of allylic oxidation sites excluding steroid dienone is 8. The van der Waals surface area contributed by atoms with Crippen LogP contribution in [0.5, 0.6) is 0 Å². The Kier molecular flexibility index (Phi) is 43.9. The number of phosphoric ester groups is 1. The summed E-state index contributed by atoms with van der Waals surface area (Å²) in [5, 5.41) is 0. The molecule has 3 N–H and O–H groups in total. The number of ether oxygens (including phenoxy) is 2. The second-order valence-corrected chi connectivity index (χ2v) is 17.4. The maximum absolute atomic E-state index is 12.6. The van der Waals surface area contributed by atoms with E-state index in [0.717, 1.165) is 57.8 Å². The van der Waals surface area contributed by atoms with Crippen LogP contribution in [0.15, 0.2) is 48.6 Å². The van der Waals surface area contributed by atoms with Crippen LogP contribution in [0.25, 0.3) is 0 Å². The molecule has 0 aromatic heterocycles. The fourth-order valence-electron chi connectivity index (χ4n) is 6.58. The Balaban J connectivity index is 4.11. The van der Waals surface area contributed by atoms with Crippen LogP contribution in [-0.4, -0.2) is 49.3 Å². The van der Waals surface area contributed by atoms with E-state index in [9.17, 15) is 19.0 Å². The molecular weight excluding hydrogens is 762 g/mol. The third-order valence-corrected chi connectivity index (χ3v) is 11.2. The fourth-order valence-corrected chi connectivity index (χ4v) is 7.34. The molecule has 0 radical (unpaired) electrons. The van der Waals surface area contributed by atoms with Gasteiger partial charge >= 0.3 is 19.8 Å². The maximum Gasteiger partial charge on any atom is 0.472 e. The molecule has 0 saturated heterocycles. The Hall–Kier alpha value is -2.03. The molecule has 344 valence electrons. The van der Waals surface area contributed by atoms with Gasteiger partial charge in [0.15, 0.2) is 6.10 Å². The van der Waals surface area contributed by atoms with E-state index in [1.807, 2.05) is 0 Å². The molecule has 0 aromatic carbocycles. The number of esters is 2. The molecule has 10 heteroatoms. The summed E-state index contributed by atoms with van der Waals surface area (Å²) in [5.74, 6) is -0.851. The number of hydrogen-bond acceptors (Lipinski definition) is 8. The molecule has 0 saturated carbocycles. The molecular formula is C49H90NO8P. The highest BCUT2D eigenvalue weighted by molar-refractivity contribution is 7.47. The minimum absolute atomic E-state index is 0.0491. The lowest BCUT2D eigenvalue weighted by molar-refractivity contribution is -0.161. The first-order chi connectivity index (χ1) is 28.8. The van der Waals surface area contributed by atoms with Gasteiger partial charge in [0.2, 0.25) is 0 Å². The summed E-state index contributed by atoms with van der Waals surface area (Å²) in [5.41, 5.74) is 5.36. The van der Waals surface area contributed by atoms with E-state index in [-0.39, 0.29) is 32.6 Å². The average molecular weight is 852 g/mol. The number of nitrogens with two attached hydrogens (primary N) is 1. The van der Waals surface area contributed by atoms with E-state index in [4.69, 9.17) is 24.3 Å². The van der Waals surface area contributed by atoms with Crippen molar-refractivity contribution in [2.45, 2.75) is 225 Å². The molecule has 59 heavy (non-hydrogen) atoms. The third-order valence-electron chi connectivity index (χ3n) is 10.2. The smallest absolute Gasteiger partial charge is 0.462 e. The van der Waals surface area contributed by atoms with E-state index < -0.39 is 32.5 Å². The van der Waals surface area contributed by atoms with Crippen molar-refractivity contribution in [3.05, 3.63) is 48.6 Å². The zero-order valence-corrected chi connectivity index (χ0v) is 38.9. The number of phosphoric acid groups is 1. The molecule has 0 aliphatic carbocycles. The Morgan fingerprint density at radius 2 is 0.881 bits per heavy atom. The highest BCUT2D eigenvalue weighted by Crippen LogP contribution is 2.43. The Bertz CT molecular complexity index is 1110. The first-order valence-corrected chi connectivity index (χ1v) is 25.6. The van der Waals surface area contributed by atoms with Crippen molar-refractivity contribution in [1.82, 2.24) is 0 Å². The number of carbonyl (C=O) groups is 2. The molecule has 0 aliphatic rings. The molecule has 0 heterocycles. The predicted molar refractivity (Wildman–Crippen MR) is 247 cm³/mol. The van der Waals surface area contributed by atoms with E-state index >= 15 is 0 Å². The number of carbonyl (C=O) groups excluding carboxylic acids is 2. The van der Waals surface area contributed by atoms with Crippen LogP contribution in [0.2, 0.25) is 0 Å². The zero-order chi connectivity index (χ0) is 43.2. The van der Waals surface area contributed by atoms with E-state index in [0.29, 0.717) is 12.8 Å². The van der Waals surface area contributed by atoms with Crippen LogP contribution in [-0.2, 0) is 32.7 Å². The van der Waals surface area contributed by atoms with Crippen molar-refractivity contribution in [2.75, 3.05) is 26.4 Å². The van der Waals surface area contributed by atoms with Gasteiger partial charge in [-0.25, -0.2) is 4.57 Å². The molecule has 0 bridgehead atoms. The van der Waals surface area contributed by atoms with Gasteiger partial charge in [-0.15, -0.1) is 0 Å². The van der Waals surface area contributed by atoms with E-state index in [1.54, 1.807) is 0 Å². The highest BCUT2D eigenvalue weighted by atomic mass is 31.2. The molecule has 9 nitrogen and oxygen atoms in total. The van der Waals surface area contributed by atoms with Gasteiger partial charge < -0.3 is 20.1 Å². The van der Waals surface area contributed by atoms with Crippen molar-refractivity contribution in [2.24, 2.45) is 5.73 Å². The van der Waals surface area contributed by atoms with Crippen molar-refractivity contribution >= 4 is 19.8 Å². The van der Waals surface area contributed by atoms with Gasteiger partial charge in [-0.1, -0.05) is 178 Å². The molecule has 0 aliphatic heterocycles. The average Bonchev–Trinajstić information content (AvgIpc) is 3.22. The van der Waals surface area contributed by atoms with E-state index in [2.05, 4.69) is 62.5 Å². The Morgan fingerprint density at radius 1 is 0.508 bits per heavy atom. The summed E-state index contributed by atoms with van der Waals surface area (Å²) < 4.78 is 32.9. The summed E-state index contributed by atoms with van der Waals surface area (Å²) in [6.07, 6.45) is 52.8. The van der Waals surface area contributed by atoms with Crippen LogP contribution in [0.3, 0.4) is 0 Å². The molecule has 1 unspecified atom stereocenters. The SMILES string of the molecule is CCCCCC=CCC=CCC=CCCCCCCC(=O)OC[C@H](COP(=O)(O)OCCN)OC(=O)CCCCCCCCCCCCCC=CCCCCCCCC. The second-order valence-electron chi connectivity index (χ2n) is 16.0. The molecule has 0 aromatic rings.